The van der Waals surface area contributed by atoms with E-state index in [0.717, 1.165) is 17.0 Å². The smallest absolute Gasteiger partial charge is 0.317 e. The number of aliphatic carboxylic acids is 1. The zero-order valence-electron chi connectivity index (χ0n) is 15.7. The summed E-state index contributed by atoms with van der Waals surface area (Å²) < 4.78 is 18.4. The first-order valence-corrected chi connectivity index (χ1v) is 9.21. The van der Waals surface area contributed by atoms with Crippen LogP contribution in [-0.2, 0) is 11.3 Å². The summed E-state index contributed by atoms with van der Waals surface area (Å²) >= 11 is 0. The Morgan fingerprint density at radius 2 is 2.00 bits per heavy atom. The number of hydrogen-bond donors (Lipinski definition) is 1. The monoisotopic (exact) mass is 395 g/mol. The van der Waals surface area contributed by atoms with Gasteiger partial charge in [-0.05, 0) is 42.0 Å². The lowest BCUT2D eigenvalue weighted by molar-refractivity contribution is -0.138. The number of hydrogen-bond acceptors (Lipinski definition) is 6. The van der Waals surface area contributed by atoms with Gasteiger partial charge in [-0.3, -0.25) is 9.69 Å². The predicted octanol–water partition coefficient (Wildman–Crippen LogP) is 2.57. The van der Waals surface area contributed by atoms with E-state index in [4.69, 9.17) is 14.2 Å². The van der Waals surface area contributed by atoms with Gasteiger partial charge >= 0.3 is 5.97 Å². The first-order valence-electron chi connectivity index (χ1n) is 9.21. The number of rotatable bonds is 9. The summed E-state index contributed by atoms with van der Waals surface area (Å²) in [6.07, 6.45) is 5.33. The summed E-state index contributed by atoms with van der Waals surface area (Å²) in [5.74, 6) is 1.25. The number of ether oxygens (including phenoxy) is 3. The van der Waals surface area contributed by atoms with Gasteiger partial charge in [-0.15, -0.1) is 0 Å². The number of fused-ring (bicyclic) bond motifs is 1. The molecule has 0 amide bonds. The molecule has 4 rings (SSSR count). The molecular weight excluding hydrogens is 374 g/mol. The normalized spacial score (nSPS) is 12.3. The lowest BCUT2D eigenvalue weighted by atomic mass is 10.2. The van der Waals surface area contributed by atoms with Crippen LogP contribution in [-0.4, -0.2) is 52.0 Å². The van der Waals surface area contributed by atoms with E-state index in [1.165, 1.54) is 0 Å². The second kappa shape index (κ2) is 8.66. The molecule has 2 aromatic carbocycles. The molecule has 0 fully saturated rings. The average molecular weight is 395 g/mol. The van der Waals surface area contributed by atoms with Crippen LogP contribution < -0.4 is 14.2 Å². The second-order valence-corrected chi connectivity index (χ2v) is 6.60. The van der Waals surface area contributed by atoms with Crippen LogP contribution >= 0.6 is 0 Å². The standard InChI is InChI=1S/C21H21N3O5/c25-21(26)13-23(12-16-1-6-19-20(11-16)29-15-28-19)9-10-27-18-4-2-17(3-5-18)24-8-7-22-14-24/h1-8,11,14H,9-10,12-13,15H2,(H,25,26). The van der Waals surface area contributed by atoms with Crippen molar-refractivity contribution < 1.29 is 24.1 Å². The van der Waals surface area contributed by atoms with E-state index in [1.54, 1.807) is 12.5 Å². The fourth-order valence-corrected chi connectivity index (χ4v) is 3.12. The van der Waals surface area contributed by atoms with Gasteiger partial charge in [0, 0.05) is 31.2 Å². The molecule has 0 unspecified atom stereocenters. The minimum absolute atomic E-state index is 0.0721. The fourth-order valence-electron chi connectivity index (χ4n) is 3.12. The Kier molecular flexibility index (Phi) is 5.62. The van der Waals surface area contributed by atoms with Crippen molar-refractivity contribution in [2.45, 2.75) is 6.54 Å². The molecule has 150 valence electrons. The van der Waals surface area contributed by atoms with Gasteiger partial charge in [0.15, 0.2) is 11.5 Å². The van der Waals surface area contributed by atoms with Crippen molar-refractivity contribution in [1.29, 1.82) is 0 Å². The maximum absolute atomic E-state index is 11.2. The van der Waals surface area contributed by atoms with Crippen molar-refractivity contribution in [1.82, 2.24) is 14.5 Å². The molecule has 2 heterocycles. The molecule has 0 bridgehead atoms. The minimum atomic E-state index is -0.879. The largest absolute Gasteiger partial charge is 0.492 e. The highest BCUT2D eigenvalue weighted by Gasteiger charge is 2.16. The van der Waals surface area contributed by atoms with E-state index in [9.17, 15) is 9.90 Å². The summed E-state index contributed by atoms with van der Waals surface area (Å²) in [5.41, 5.74) is 1.95. The molecule has 0 radical (unpaired) electrons. The van der Waals surface area contributed by atoms with Crippen LogP contribution in [0.15, 0.2) is 61.2 Å². The number of carboxylic acid groups (broad SMARTS) is 1. The van der Waals surface area contributed by atoms with Crippen molar-refractivity contribution in [2.24, 2.45) is 0 Å². The highest BCUT2D eigenvalue weighted by atomic mass is 16.7. The van der Waals surface area contributed by atoms with Crippen LogP contribution in [0.5, 0.6) is 17.2 Å². The second-order valence-electron chi connectivity index (χ2n) is 6.60. The van der Waals surface area contributed by atoms with E-state index >= 15 is 0 Å². The Balaban J connectivity index is 1.33. The number of carbonyl (C=O) groups is 1. The summed E-state index contributed by atoms with van der Waals surface area (Å²) in [6.45, 7) is 1.47. The summed E-state index contributed by atoms with van der Waals surface area (Å²) in [7, 11) is 0. The van der Waals surface area contributed by atoms with Gasteiger partial charge in [0.05, 0.1) is 12.9 Å². The van der Waals surface area contributed by atoms with Crippen molar-refractivity contribution in [3.8, 4) is 22.9 Å². The Labute approximate surface area is 167 Å². The SMILES string of the molecule is O=C(O)CN(CCOc1ccc(-n2ccnc2)cc1)Cc1ccc2c(c1)OCO2. The lowest BCUT2D eigenvalue weighted by Gasteiger charge is -2.20. The highest BCUT2D eigenvalue weighted by Crippen LogP contribution is 2.32. The van der Waals surface area contributed by atoms with Crippen LogP contribution in [0.4, 0.5) is 0 Å². The molecule has 29 heavy (non-hydrogen) atoms. The van der Waals surface area contributed by atoms with Gasteiger partial charge < -0.3 is 23.9 Å². The average Bonchev–Trinajstić information content (AvgIpc) is 3.40. The topological polar surface area (TPSA) is 86.1 Å². The summed E-state index contributed by atoms with van der Waals surface area (Å²) in [5, 5.41) is 9.22. The van der Waals surface area contributed by atoms with E-state index in [2.05, 4.69) is 4.98 Å². The third-order valence-corrected chi connectivity index (χ3v) is 4.52. The predicted molar refractivity (Wildman–Crippen MR) is 105 cm³/mol. The molecule has 1 N–H and O–H groups in total. The quantitative estimate of drug-likeness (QED) is 0.596. The minimum Gasteiger partial charge on any atom is -0.492 e. The molecule has 1 aliphatic heterocycles. The Hall–Kier alpha value is -3.52. The number of carboxylic acids is 1. The van der Waals surface area contributed by atoms with E-state index in [1.807, 2.05) is 58.1 Å². The van der Waals surface area contributed by atoms with Gasteiger partial charge in [-0.25, -0.2) is 4.98 Å². The lowest BCUT2D eigenvalue weighted by Crippen LogP contribution is -2.33. The molecule has 8 heteroatoms. The molecule has 0 saturated heterocycles. The van der Waals surface area contributed by atoms with Gasteiger partial charge in [-0.2, -0.15) is 0 Å². The van der Waals surface area contributed by atoms with Crippen molar-refractivity contribution in [3.63, 3.8) is 0 Å². The highest BCUT2D eigenvalue weighted by molar-refractivity contribution is 5.69. The van der Waals surface area contributed by atoms with Crippen LogP contribution in [0.3, 0.4) is 0 Å². The number of imidazole rings is 1. The first kappa shape index (κ1) is 18.8. The van der Waals surface area contributed by atoms with Crippen LogP contribution in [0, 0.1) is 0 Å². The zero-order valence-corrected chi connectivity index (χ0v) is 15.7. The molecule has 0 spiro atoms. The van der Waals surface area contributed by atoms with Crippen LogP contribution in [0.1, 0.15) is 5.56 Å². The van der Waals surface area contributed by atoms with Crippen molar-refractivity contribution in [3.05, 3.63) is 66.7 Å². The van der Waals surface area contributed by atoms with Crippen LogP contribution in [0.25, 0.3) is 5.69 Å². The molecule has 0 atom stereocenters. The third kappa shape index (κ3) is 4.85. The Morgan fingerprint density at radius 3 is 2.76 bits per heavy atom. The number of benzene rings is 2. The molecule has 3 aromatic rings. The third-order valence-electron chi connectivity index (χ3n) is 4.52. The molecule has 0 aliphatic carbocycles. The molecular formula is C21H21N3O5. The maximum Gasteiger partial charge on any atom is 0.317 e. The Morgan fingerprint density at radius 1 is 1.17 bits per heavy atom. The number of nitrogens with zero attached hydrogens (tertiary/aromatic N) is 3. The first-order chi connectivity index (χ1) is 14.2. The summed E-state index contributed by atoms with van der Waals surface area (Å²) in [4.78, 5) is 17.1. The van der Waals surface area contributed by atoms with Gasteiger partial charge in [0.25, 0.3) is 0 Å². The molecule has 1 aromatic heterocycles. The molecule has 0 saturated carbocycles. The van der Waals surface area contributed by atoms with Gasteiger partial charge in [0.1, 0.15) is 12.4 Å². The van der Waals surface area contributed by atoms with E-state index in [0.29, 0.717) is 31.2 Å². The van der Waals surface area contributed by atoms with Crippen LogP contribution in [0.2, 0.25) is 0 Å². The van der Waals surface area contributed by atoms with E-state index < -0.39 is 5.97 Å². The zero-order chi connectivity index (χ0) is 20.1. The van der Waals surface area contributed by atoms with Crippen molar-refractivity contribution in [2.75, 3.05) is 26.5 Å². The van der Waals surface area contributed by atoms with E-state index in [-0.39, 0.29) is 13.3 Å². The van der Waals surface area contributed by atoms with Crippen molar-refractivity contribution >= 4 is 5.97 Å². The number of aromatic nitrogens is 2. The Bertz CT molecular complexity index is 957. The fraction of sp³-hybridized carbons (Fsp3) is 0.238. The maximum atomic E-state index is 11.2. The molecule has 8 nitrogen and oxygen atoms in total. The van der Waals surface area contributed by atoms with Gasteiger partial charge in [-0.1, -0.05) is 6.07 Å². The molecule has 1 aliphatic rings. The summed E-state index contributed by atoms with van der Waals surface area (Å²) in [6, 6.07) is 13.3. The van der Waals surface area contributed by atoms with Gasteiger partial charge in [0.2, 0.25) is 6.79 Å².